The highest BCUT2D eigenvalue weighted by Crippen LogP contribution is 2.31. The lowest BCUT2D eigenvalue weighted by molar-refractivity contribution is 0.622. The second kappa shape index (κ2) is 5.89. The molecule has 0 aliphatic rings. The van der Waals surface area contributed by atoms with Gasteiger partial charge in [0.15, 0.2) is 5.76 Å². The van der Waals surface area contributed by atoms with Crippen LogP contribution in [0.2, 0.25) is 0 Å². The first-order valence-electron chi connectivity index (χ1n) is 8.56. The molecule has 3 aromatic heterocycles. The fourth-order valence-corrected chi connectivity index (χ4v) is 4.04. The minimum absolute atomic E-state index is 0.164. The van der Waals surface area contributed by atoms with E-state index in [-0.39, 0.29) is 5.56 Å². The second-order valence-corrected chi connectivity index (χ2v) is 7.52. The number of rotatable bonds is 2. The van der Waals surface area contributed by atoms with E-state index < -0.39 is 0 Å². The van der Waals surface area contributed by atoms with Crippen LogP contribution in [0.1, 0.15) is 16.7 Å². The van der Waals surface area contributed by atoms with Crippen molar-refractivity contribution in [1.82, 2.24) is 14.6 Å². The number of hydrogen-bond donors (Lipinski definition) is 0. The van der Waals surface area contributed by atoms with Gasteiger partial charge >= 0.3 is 0 Å². The Bertz CT molecular complexity index is 1410. The number of fused-ring (bicyclic) bond motifs is 2. The molecule has 132 valence electrons. The largest absolute Gasteiger partial charge is 0.452 e. The van der Waals surface area contributed by atoms with Crippen LogP contribution in [0.25, 0.3) is 33.6 Å². The summed E-state index contributed by atoms with van der Waals surface area (Å²) in [6.07, 6.45) is 1.87. The van der Waals surface area contributed by atoms with E-state index in [1.807, 2.05) is 68.5 Å². The lowest BCUT2D eigenvalue weighted by Gasteiger charge is -1.92. The molecule has 6 heteroatoms. The van der Waals surface area contributed by atoms with Crippen molar-refractivity contribution in [3.05, 3.63) is 80.1 Å². The maximum atomic E-state index is 12.7. The van der Waals surface area contributed by atoms with E-state index in [2.05, 4.69) is 10.1 Å². The van der Waals surface area contributed by atoms with Gasteiger partial charge in [-0.05, 0) is 31.6 Å². The number of furan rings is 1. The molecule has 0 aliphatic heterocycles. The maximum Gasteiger partial charge on any atom is 0.291 e. The fourth-order valence-electron chi connectivity index (χ4n) is 3.13. The number of hydrogen-bond acceptors (Lipinski definition) is 5. The van der Waals surface area contributed by atoms with Crippen molar-refractivity contribution in [1.29, 1.82) is 0 Å². The zero-order valence-electron chi connectivity index (χ0n) is 14.8. The zero-order valence-corrected chi connectivity index (χ0v) is 15.6. The number of para-hydroxylation sites is 1. The summed E-state index contributed by atoms with van der Waals surface area (Å²) in [5.41, 5.74) is 3.77. The Morgan fingerprint density at radius 1 is 1.07 bits per heavy atom. The molecule has 0 spiro atoms. The molecule has 0 unspecified atom stereocenters. The number of nitrogens with zero attached hydrogens (tertiary/aromatic N) is 3. The van der Waals surface area contributed by atoms with Crippen molar-refractivity contribution < 1.29 is 4.42 Å². The summed E-state index contributed by atoms with van der Waals surface area (Å²) in [4.78, 5) is 17.8. The van der Waals surface area contributed by atoms with Gasteiger partial charge in [0, 0.05) is 10.9 Å². The molecule has 5 aromatic rings. The molecule has 0 N–H and O–H groups in total. The van der Waals surface area contributed by atoms with E-state index in [0.717, 1.165) is 22.1 Å². The highest BCUT2D eigenvalue weighted by atomic mass is 32.1. The van der Waals surface area contributed by atoms with Crippen molar-refractivity contribution in [2.24, 2.45) is 0 Å². The summed E-state index contributed by atoms with van der Waals surface area (Å²) in [6.45, 7) is 4.01. The zero-order chi connectivity index (χ0) is 18.5. The van der Waals surface area contributed by atoms with Gasteiger partial charge in [-0.2, -0.15) is 9.50 Å². The molecule has 0 saturated carbocycles. The maximum absolute atomic E-state index is 12.7. The first-order valence-corrected chi connectivity index (χ1v) is 9.38. The number of thiazole rings is 1. The Labute approximate surface area is 158 Å². The molecule has 0 saturated heterocycles. The van der Waals surface area contributed by atoms with Gasteiger partial charge in [-0.3, -0.25) is 4.79 Å². The van der Waals surface area contributed by atoms with Crippen LogP contribution in [0.15, 0.2) is 57.7 Å². The molecule has 5 rings (SSSR count). The van der Waals surface area contributed by atoms with Gasteiger partial charge in [0.05, 0.1) is 4.53 Å². The molecule has 0 amide bonds. The van der Waals surface area contributed by atoms with Crippen LogP contribution in [0, 0.1) is 13.8 Å². The summed E-state index contributed by atoms with van der Waals surface area (Å²) in [5.74, 6) is 1.05. The normalized spacial score (nSPS) is 12.4. The Morgan fingerprint density at radius 2 is 1.85 bits per heavy atom. The molecule has 3 heterocycles. The van der Waals surface area contributed by atoms with E-state index in [4.69, 9.17) is 4.42 Å². The van der Waals surface area contributed by atoms with Gasteiger partial charge in [-0.25, -0.2) is 0 Å². The van der Waals surface area contributed by atoms with E-state index in [0.29, 0.717) is 21.1 Å². The molecular weight excluding hydrogens is 358 g/mol. The van der Waals surface area contributed by atoms with E-state index in [1.165, 1.54) is 21.4 Å². The third-order valence-corrected chi connectivity index (χ3v) is 5.56. The SMILES string of the molecule is Cc1ccc(C=c2sc3nc(-c4oc5ccccc5c4C)nn3c2=O)cc1. The lowest BCUT2D eigenvalue weighted by atomic mass is 10.1. The Hall–Kier alpha value is -3.25. The smallest absolute Gasteiger partial charge is 0.291 e. The average Bonchev–Trinajstić information content (AvgIpc) is 3.31. The highest BCUT2D eigenvalue weighted by molar-refractivity contribution is 7.15. The minimum Gasteiger partial charge on any atom is -0.452 e. The Kier molecular flexibility index (Phi) is 3.48. The summed E-state index contributed by atoms with van der Waals surface area (Å²) in [7, 11) is 0. The van der Waals surface area contributed by atoms with Gasteiger partial charge in [0.1, 0.15) is 5.58 Å². The lowest BCUT2D eigenvalue weighted by Crippen LogP contribution is -2.23. The van der Waals surface area contributed by atoms with Gasteiger partial charge in [0.25, 0.3) is 5.56 Å². The molecule has 0 radical (unpaired) electrons. The van der Waals surface area contributed by atoms with Crippen molar-refractivity contribution in [3.63, 3.8) is 0 Å². The summed E-state index contributed by atoms with van der Waals surface area (Å²) in [5, 5.41) is 5.43. The number of aromatic nitrogens is 3. The van der Waals surface area contributed by atoms with Gasteiger partial charge in [0.2, 0.25) is 10.8 Å². The quantitative estimate of drug-likeness (QED) is 0.473. The molecule has 2 aromatic carbocycles. The van der Waals surface area contributed by atoms with E-state index >= 15 is 0 Å². The van der Waals surface area contributed by atoms with Crippen LogP contribution >= 0.6 is 11.3 Å². The topological polar surface area (TPSA) is 60.4 Å². The van der Waals surface area contributed by atoms with Crippen molar-refractivity contribution in [2.75, 3.05) is 0 Å². The van der Waals surface area contributed by atoms with Crippen LogP contribution in [-0.4, -0.2) is 14.6 Å². The highest BCUT2D eigenvalue weighted by Gasteiger charge is 2.18. The monoisotopic (exact) mass is 373 g/mol. The third-order valence-electron chi connectivity index (χ3n) is 4.60. The van der Waals surface area contributed by atoms with Crippen molar-refractivity contribution in [3.8, 4) is 11.6 Å². The standard InChI is InChI=1S/C21H15N3O2S/c1-12-7-9-14(10-8-12)11-17-20(25)24-21(27-17)22-19(23-24)18-13(2)15-5-3-4-6-16(15)26-18/h3-11H,1-2H3. The molecule has 27 heavy (non-hydrogen) atoms. The minimum atomic E-state index is -0.164. The van der Waals surface area contributed by atoms with Crippen LogP contribution in [-0.2, 0) is 0 Å². The predicted octanol–water partition coefficient (Wildman–Crippen LogP) is 3.73. The molecular formula is C21H15N3O2S. The van der Waals surface area contributed by atoms with Crippen LogP contribution < -0.4 is 10.1 Å². The predicted molar refractivity (Wildman–Crippen MR) is 107 cm³/mol. The first-order chi connectivity index (χ1) is 13.1. The molecule has 0 atom stereocenters. The summed E-state index contributed by atoms with van der Waals surface area (Å²) < 4.78 is 7.88. The van der Waals surface area contributed by atoms with Crippen LogP contribution in [0.5, 0.6) is 0 Å². The Balaban J connectivity index is 1.64. The fraction of sp³-hybridized carbons (Fsp3) is 0.0952. The van der Waals surface area contributed by atoms with E-state index in [9.17, 15) is 4.79 Å². The van der Waals surface area contributed by atoms with Gasteiger partial charge in [-0.15, -0.1) is 5.10 Å². The second-order valence-electron chi connectivity index (χ2n) is 6.51. The average molecular weight is 373 g/mol. The van der Waals surface area contributed by atoms with Crippen LogP contribution in [0.3, 0.4) is 0 Å². The number of benzene rings is 2. The molecule has 0 fully saturated rings. The molecule has 0 bridgehead atoms. The summed E-state index contributed by atoms with van der Waals surface area (Å²) >= 11 is 1.33. The van der Waals surface area contributed by atoms with Crippen molar-refractivity contribution in [2.45, 2.75) is 13.8 Å². The first kappa shape index (κ1) is 16.0. The Morgan fingerprint density at radius 3 is 2.59 bits per heavy atom. The summed E-state index contributed by atoms with van der Waals surface area (Å²) in [6, 6.07) is 15.8. The number of aryl methyl sites for hydroxylation is 2. The third kappa shape index (κ3) is 2.57. The van der Waals surface area contributed by atoms with E-state index in [1.54, 1.807) is 0 Å². The van der Waals surface area contributed by atoms with Crippen molar-refractivity contribution >= 4 is 33.3 Å². The van der Waals surface area contributed by atoms with Crippen LogP contribution in [0.4, 0.5) is 0 Å². The molecule has 0 aliphatic carbocycles. The van der Waals surface area contributed by atoms with Gasteiger partial charge < -0.3 is 4.42 Å². The molecule has 5 nitrogen and oxygen atoms in total. The van der Waals surface area contributed by atoms with Gasteiger partial charge in [-0.1, -0.05) is 59.4 Å².